The van der Waals surface area contributed by atoms with Crippen LogP contribution in [0.25, 0.3) is 10.9 Å². The molecular formula is C16H16N2O. The van der Waals surface area contributed by atoms with E-state index in [4.69, 9.17) is 6.42 Å². The second-order valence-corrected chi connectivity index (χ2v) is 5.10. The van der Waals surface area contributed by atoms with Gasteiger partial charge in [0.15, 0.2) is 0 Å². The van der Waals surface area contributed by atoms with Crippen molar-refractivity contribution >= 4 is 16.8 Å². The average molecular weight is 252 g/mol. The van der Waals surface area contributed by atoms with E-state index in [0.717, 1.165) is 17.4 Å². The van der Waals surface area contributed by atoms with Crippen molar-refractivity contribution in [3.63, 3.8) is 0 Å². The number of para-hydroxylation sites is 1. The summed E-state index contributed by atoms with van der Waals surface area (Å²) in [7, 11) is 0. The molecule has 1 saturated carbocycles. The molecule has 0 bridgehead atoms. The minimum absolute atomic E-state index is 0.000972. The van der Waals surface area contributed by atoms with Gasteiger partial charge in [-0.3, -0.25) is 4.79 Å². The van der Waals surface area contributed by atoms with E-state index in [-0.39, 0.29) is 5.91 Å². The Labute approximate surface area is 112 Å². The smallest absolute Gasteiger partial charge is 0.271 e. The number of H-pyrrole nitrogens is 1. The van der Waals surface area contributed by atoms with E-state index in [9.17, 15) is 4.79 Å². The maximum absolute atomic E-state index is 12.5. The molecule has 1 aliphatic carbocycles. The maximum Gasteiger partial charge on any atom is 0.271 e. The average Bonchev–Trinajstić information content (AvgIpc) is 3.13. The number of nitrogens with zero attached hydrogens (tertiary/aromatic N) is 1. The van der Waals surface area contributed by atoms with Crippen LogP contribution in [0.4, 0.5) is 0 Å². The molecule has 3 heteroatoms. The summed E-state index contributed by atoms with van der Waals surface area (Å²) in [5.74, 6) is 3.22. The van der Waals surface area contributed by atoms with E-state index in [0.29, 0.717) is 18.2 Å². The van der Waals surface area contributed by atoms with Crippen LogP contribution in [0.3, 0.4) is 0 Å². The molecule has 0 atom stereocenters. The number of carbonyl (C=O) groups excluding carboxylic acids is 1. The molecule has 1 heterocycles. The summed E-state index contributed by atoms with van der Waals surface area (Å²) in [6, 6.07) is 9.78. The van der Waals surface area contributed by atoms with E-state index in [1.165, 1.54) is 12.8 Å². The number of benzene rings is 1. The summed E-state index contributed by atoms with van der Waals surface area (Å²) in [6.07, 6.45) is 7.78. The molecule has 0 saturated heterocycles. The third-order valence-corrected chi connectivity index (χ3v) is 3.51. The monoisotopic (exact) mass is 252 g/mol. The largest absolute Gasteiger partial charge is 0.351 e. The van der Waals surface area contributed by atoms with Crippen LogP contribution in [0.1, 0.15) is 23.3 Å². The van der Waals surface area contributed by atoms with Gasteiger partial charge >= 0.3 is 0 Å². The number of nitrogens with one attached hydrogen (secondary N) is 1. The minimum Gasteiger partial charge on any atom is -0.351 e. The zero-order valence-electron chi connectivity index (χ0n) is 10.7. The van der Waals surface area contributed by atoms with E-state index in [1.54, 1.807) is 4.90 Å². The number of aromatic amines is 1. The van der Waals surface area contributed by atoms with Gasteiger partial charge in [-0.1, -0.05) is 24.1 Å². The number of hydrogen-bond acceptors (Lipinski definition) is 1. The van der Waals surface area contributed by atoms with Gasteiger partial charge in [-0.05, 0) is 30.9 Å². The van der Waals surface area contributed by atoms with Crippen molar-refractivity contribution in [1.82, 2.24) is 9.88 Å². The molecule has 96 valence electrons. The van der Waals surface area contributed by atoms with Gasteiger partial charge in [-0.25, -0.2) is 0 Å². The summed E-state index contributed by atoms with van der Waals surface area (Å²) in [4.78, 5) is 17.4. The van der Waals surface area contributed by atoms with Gasteiger partial charge in [-0.15, -0.1) is 6.42 Å². The number of fused-ring (bicyclic) bond motifs is 1. The minimum atomic E-state index is 0.000972. The highest BCUT2D eigenvalue weighted by Gasteiger charge is 2.27. The molecule has 0 aliphatic heterocycles. The number of terminal acetylenes is 1. The van der Waals surface area contributed by atoms with E-state index >= 15 is 0 Å². The molecule has 1 aromatic heterocycles. The molecule has 1 N–H and O–H groups in total. The highest BCUT2D eigenvalue weighted by Crippen LogP contribution is 2.30. The van der Waals surface area contributed by atoms with Crippen LogP contribution in [0.15, 0.2) is 30.3 Å². The summed E-state index contributed by atoms with van der Waals surface area (Å²) in [5.41, 5.74) is 1.61. The number of carbonyl (C=O) groups is 1. The summed E-state index contributed by atoms with van der Waals surface area (Å²) >= 11 is 0. The van der Waals surface area contributed by atoms with Gasteiger partial charge in [-0.2, -0.15) is 0 Å². The van der Waals surface area contributed by atoms with Crippen molar-refractivity contribution in [2.45, 2.75) is 12.8 Å². The van der Waals surface area contributed by atoms with Crippen molar-refractivity contribution in [3.8, 4) is 12.3 Å². The van der Waals surface area contributed by atoms with Crippen molar-refractivity contribution in [1.29, 1.82) is 0 Å². The summed E-state index contributed by atoms with van der Waals surface area (Å²) in [5, 5.41) is 1.05. The normalized spacial score (nSPS) is 14.3. The number of amides is 1. The van der Waals surface area contributed by atoms with Crippen LogP contribution < -0.4 is 0 Å². The number of hydrogen-bond donors (Lipinski definition) is 1. The first-order valence-corrected chi connectivity index (χ1v) is 6.58. The lowest BCUT2D eigenvalue weighted by Crippen LogP contribution is -2.33. The van der Waals surface area contributed by atoms with Crippen molar-refractivity contribution in [3.05, 3.63) is 36.0 Å². The lowest BCUT2D eigenvalue weighted by Gasteiger charge is -2.19. The Bertz CT molecular complexity index is 613. The Morgan fingerprint density at radius 3 is 2.89 bits per heavy atom. The zero-order chi connectivity index (χ0) is 13.2. The predicted octanol–water partition coefficient (Wildman–Crippen LogP) is 2.65. The first-order valence-electron chi connectivity index (χ1n) is 6.58. The van der Waals surface area contributed by atoms with Crippen LogP contribution in [-0.4, -0.2) is 28.9 Å². The Balaban J connectivity index is 1.85. The Morgan fingerprint density at radius 1 is 1.42 bits per heavy atom. The third-order valence-electron chi connectivity index (χ3n) is 3.51. The van der Waals surface area contributed by atoms with Gasteiger partial charge in [0.1, 0.15) is 5.69 Å². The van der Waals surface area contributed by atoms with Gasteiger partial charge < -0.3 is 9.88 Å². The van der Waals surface area contributed by atoms with Crippen LogP contribution >= 0.6 is 0 Å². The highest BCUT2D eigenvalue weighted by atomic mass is 16.2. The fourth-order valence-corrected chi connectivity index (χ4v) is 2.30. The first kappa shape index (κ1) is 11.9. The van der Waals surface area contributed by atoms with Crippen molar-refractivity contribution in [2.24, 2.45) is 5.92 Å². The standard InChI is InChI=1S/C16H16N2O/c1-2-9-18(11-12-7-8-12)16(19)15-10-13-5-3-4-6-14(13)17-15/h1,3-6,10,12,17H,7-9,11H2. The molecular weight excluding hydrogens is 236 g/mol. The molecule has 1 aliphatic rings. The quantitative estimate of drug-likeness (QED) is 0.834. The van der Waals surface area contributed by atoms with Crippen molar-refractivity contribution in [2.75, 3.05) is 13.1 Å². The lowest BCUT2D eigenvalue weighted by molar-refractivity contribution is 0.0765. The molecule has 0 spiro atoms. The molecule has 2 aromatic rings. The molecule has 19 heavy (non-hydrogen) atoms. The summed E-state index contributed by atoms with van der Waals surface area (Å²) in [6.45, 7) is 1.16. The second kappa shape index (κ2) is 4.81. The zero-order valence-corrected chi connectivity index (χ0v) is 10.7. The fraction of sp³-hybridized carbons (Fsp3) is 0.312. The number of rotatable bonds is 4. The van der Waals surface area contributed by atoms with Gasteiger partial charge in [0, 0.05) is 17.4 Å². The van der Waals surface area contributed by atoms with Crippen molar-refractivity contribution < 1.29 is 4.79 Å². The fourth-order valence-electron chi connectivity index (χ4n) is 2.30. The SMILES string of the molecule is C#CCN(CC1CC1)C(=O)c1cc2ccccc2[nH]1. The highest BCUT2D eigenvalue weighted by molar-refractivity contribution is 5.98. The predicted molar refractivity (Wildman–Crippen MR) is 75.8 cm³/mol. The third kappa shape index (κ3) is 2.48. The topological polar surface area (TPSA) is 36.1 Å². The van der Waals surface area contributed by atoms with Crippen LogP contribution in [0, 0.1) is 18.3 Å². The molecule has 3 nitrogen and oxygen atoms in total. The van der Waals surface area contributed by atoms with E-state index < -0.39 is 0 Å². The van der Waals surface area contributed by atoms with Crippen LogP contribution in [-0.2, 0) is 0 Å². The molecule has 0 unspecified atom stereocenters. The Kier molecular flexibility index (Phi) is 3.00. The van der Waals surface area contributed by atoms with E-state index in [1.807, 2.05) is 30.3 Å². The summed E-state index contributed by atoms with van der Waals surface area (Å²) < 4.78 is 0. The Morgan fingerprint density at radius 2 is 2.21 bits per heavy atom. The molecule has 1 fully saturated rings. The van der Waals surface area contributed by atoms with Gasteiger partial charge in [0.05, 0.1) is 6.54 Å². The van der Waals surface area contributed by atoms with Crippen LogP contribution in [0.2, 0.25) is 0 Å². The van der Waals surface area contributed by atoms with Crippen LogP contribution in [0.5, 0.6) is 0 Å². The maximum atomic E-state index is 12.5. The second-order valence-electron chi connectivity index (χ2n) is 5.10. The van der Waals surface area contributed by atoms with Gasteiger partial charge in [0.2, 0.25) is 0 Å². The molecule has 0 radical (unpaired) electrons. The molecule has 1 aromatic carbocycles. The first-order chi connectivity index (χ1) is 9.28. The van der Waals surface area contributed by atoms with Gasteiger partial charge in [0.25, 0.3) is 5.91 Å². The van der Waals surface area contributed by atoms with E-state index in [2.05, 4.69) is 10.9 Å². The Hall–Kier alpha value is -2.21. The lowest BCUT2D eigenvalue weighted by atomic mass is 10.2. The number of aromatic nitrogens is 1. The molecule has 1 amide bonds. The molecule has 3 rings (SSSR count).